The first-order chi connectivity index (χ1) is 11.7. The van der Waals surface area contributed by atoms with Crippen molar-refractivity contribution in [3.05, 3.63) is 65.7 Å². The number of hydrogen-bond donors (Lipinski definition) is 0. The van der Waals surface area contributed by atoms with Crippen LogP contribution in [-0.2, 0) is 16.8 Å². The molecule has 0 saturated carbocycles. The van der Waals surface area contributed by atoms with Crippen LogP contribution in [0.2, 0.25) is 0 Å². The van der Waals surface area contributed by atoms with E-state index in [9.17, 15) is 10.1 Å². The van der Waals surface area contributed by atoms with Gasteiger partial charge in [0.2, 0.25) is 5.91 Å². The molecular weight excluding hydrogens is 298 g/mol. The van der Waals surface area contributed by atoms with Crippen molar-refractivity contribution in [1.82, 2.24) is 4.90 Å². The molecule has 2 heterocycles. The number of para-hydroxylation sites is 1. The number of benzene rings is 2. The molecule has 2 aromatic rings. The van der Waals surface area contributed by atoms with Crippen molar-refractivity contribution in [3.63, 3.8) is 0 Å². The summed E-state index contributed by atoms with van der Waals surface area (Å²) in [6.07, 6.45) is 0.402. The molecule has 2 aliphatic rings. The number of carbonyl (C=O) groups excluding carboxylic acids is 1. The SMILES string of the molecule is CN1c2ccccc2C2(CC(=O)N(Cc3ccccc3)C2)C1C#N. The lowest BCUT2D eigenvalue weighted by Gasteiger charge is -2.29. The molecule has 2 atom stereocenters. The summed E-state index contributed by atoms with van der Waals surface area (Å²) >= 11 is 0. The van der Waals surface area contributed by atoms with Crippen LogP contribution >= 0.6 is 0 Å². The minimum absolute atomic E-state index is 0.129. The molecule has 4 nitrogen and oxygen atoms in total. The first-order valence-corrected chi connectivity index (χ1v) is 8.19. The van der Waals surface area contributed by atoms with E-state index in [4.69, 9.17) is 0 Å². The number of likely N-dealkylation sites (tertiary alicyclic amines) is 1. The summed E-state index contributed by atoms with van der Waals surface area (Å²) in [7, 11) is 1.95. The fourth-order valence-corrected chi connectivity index (χ4v) is 4.25. The van der Waals surface area contributed by atoms with Gasteiger partial charge in [0.15, 0.2) is 0 Å². The van der Waals surface area contributed by atoms with Crippen molar-refractivity contribution >= 4 is 11.6 Å². The third kappa shape index (κ3) is 2.01. The first kappa shape index (κ1) is 14.8. The Hall–Kier alpha value is -2.80. The van der Waals surface area contributed by atoms with Gasteiger partial charge < -0.3 is 9.80 Å². The van der Waals surface area contributed by atoms with Gasteiger partial charge in [-0.15, -0.1) is 0 Å². The van der Waals surface area contributed by atoms with Crippen molar-refractivity contribution in [3.8, 4) is 6.07 Å². The van der Waals surface area contributed by atoms with Crippen molar-refractivity contribution in [2.75, 3.05) is 18.5 Å². The van der Waals surface area contributed by atoms with Gasteiger partial charge in [0, 0.05) is 32.2 Å². The molecule has 1 amide bonds. The van der Waals surface area contributed by atoms with E-state index in [0.29, 0.717) is 19.5 Å². The molecule has 0 radical (unpaired) electrons. The van der Waals surface area contributed by atoms with Gasteiger partial charge in [-0.25, -0.2) is 0 Å². The Labute approximate surface area is 141 Å². The van der Waals surface area contributed by atoms with E-state index in [-0.39, 0.29) is 11.9 Å². The van der Waals surface area contributed by atoms with Crippen LogP contribution in [0.5, 0.6) is 0 Å². The molecule has 120 valence electrons. The Morgan fingerprint density at radius 3 is 2.62 bits per heavy atom. The average Bonchev–Trinajstić information content (AvgIpc) is 3.04. The van der Waals surface area contributed by atoms with Crippen LogP contribution in [0.25, 0.3) is 0 Å². The minimum atomic E-state index is -0.425. The van der Waals surface area contributed by atoms with Gasteiger partial charge >= 0.3 is 0 Å². The summed E-state index contributed by atoms with van der Waals surface area (Å²) in [5.74, 6) is 0.129. The van der Waals surface area contributed by atoms with E-state index in [2.05, 4.69) is 12.1 Å². The standard InChI is InChI=1S/C20H19N3O/c1-22-17-10-6-5-9-16(17)20(18(22)12-21)11-19(24)23(14-20)13-15-7-3-2-4-8-15/h2-10,18H,11,13-14H2,1H3. The number of fused-ring (bicyclic) bond motifs is 2. The van der Waals surface area contributed by atoms with Gasteiger partial charge in [0.1, 0.15) is 6.04 Å². The highest BCUT2D eigenvalue weighted by Crippen LogP contribution is 2.50. The highest BCUT2D eigenvalue weighted by atomic mass is 16.2. The lowest BCUT2D eigenvalue weighted by Crippen LogP contribution is -2.44. The second-order valence-corrected chi connectivity index (χ2v) is 6.73. The number of nitrogens with zero attached hydrogens (tertiary/aromatic N) is 3. The maximum Gasteiger partial charge on any atom is 0.223 e. The van der Waals surface area contributed by atoms with Gasteiger partial charge in [-0.3, -0.25) is 4.79 Å². The third-order valence-corrected chi connectivity index (χ3v) is 5.36. The molecule has 1 fully saturated rings. The molecule has 0 N–H and O–H groups in total. The summed E-state index contributed by atoms with van der Waals surface area (Å²) in [5, 5.41) is 9.77. The molecule has 2 aromatic carbocycles. The summed E-state index contributed by atoms with van der Waals surface area (Å²) in [4.78, 5) is 16.6. The number of anilines is 1. The molecule has 2 unspecified atom stereocenters. The van der Waals surface area contributed by atoms with Crippen molar-refractivity contribution in [2.24, 2.45) is 0 Å². The zero-order valence-corrected chi connectivity index (χ0v) is 13.6. The van der Waals surface area contributed by atoms with Crippen molar-refractivity contribution < 1.29 is 4.79 Å². The lowest BCUT2D eigenvalue weighted by molar-refractivity contribution is -0.128. The fraction of sp³-hybridized carbons (Fsp3) is 0.300. The highest BCUT2D eigenvalue weighted by Gasteiger charge is 2.56. The number of carbonyl (C=O) groups is 1. The smallest absolute Gasteiger partial charge is 0.223 e. The van der Waals surface area contributed by atoms with E-state index in [1.54, 1.807) is 0 Å². The fourth-order valence-electron chi connectivity index (χ4n) is 4.25. The Balaban J connectivity index is 1.71. The van der Waals surface area contributed by atoms with E-state index in [1.165, 1.54) is 0 Å². The molecule has 24 heavy (non-hydrogen) atoms. The van der Waals surface area contributed by atoms with Crippen LogP contribution in [0.15, 0.2) is 54.6 Å². The Morgan fingerprint density at radius 1 is 1.17 bits per heavy atom. The van der Waals surface area contributed by atoms with Crippen molar-refractivity contribution in [1.29, 1.82) is 5.26 Å². The van der Waals surface area contributed by atoms with E-state index >= 15 is 0 Å². The molecule has 2 aliphatic heterocycles. The second-order valence-electron chi connectivity index (χ2n) is 6.73. The monoisotopic (exact) mass is 317 g/mol. The molecule has 4 rings (SSSR count). The number of nitriles is 1. The Bertz CT molecular complexity index is 826. The summed E-state index contributed by atoms with van der Waals surface area (Å²) in [6.45, 7) is 1.20. The van der Waals surface area contributed by atoms with Crippen molar-refractivity contribution in [2.45, 2.75) is 24.4 Å². The molecule has 0 aromatic heterocycles. The van der Waals surface area contributed by atoms with Gasteiger partial charge in [-0.05, 0) is 17.2 Å². The minimum Gasteiger partial charge on any atom is -0.358 e. The summed E-state index contributed by atoms with van der Waals surface area (Å²) < 4.78 is 0. The summed E-state index contributed by atoms with van der Waals surface area (Å²) in [5.41, 5.74) is 2.89. The van der Waals surface area contributed by atoms with E-state index in [0.717, 1.165) is 16.8 Å². The Kier molecular flexibility index (Phi) is 3.31. The summed E-state index contributed by atoms with van der Waals surface area (Å²) in [6, 6.07) is 20.3. The molecule has 0 bridgehead atoms. The molecule has 0 aliphatic carbocycles. The highest BCUT2D eigenvalue weighted by molar-refractivity contribution is 5.84. The largest absolute Gasteiger partial charge is 0.358 e. The lowest BCUT2D eigenvalue weighted by atomic mass is 9.76. The topological polar surface area (TPSA) is 47.3 Å². The molecule has 1 spiro atoms. The average molecular weight is 317 g/mol. The first-order valence-electron chi connectivity index (χ1n) is 8.19. The number of rotatable bonds is 2. The van der Waals surface area contributed by atoms with Crippen LogP contribution in [0.3, 0.4) is 0 Å². The predicted octanol–water partition coefficient (Wildman–Crippen LogP) is 2.70. The van der Waals surface area contributed by atoms with Crippen LogP contribution in [0.4, 0.5) is 5.69 Å². The van der Waals surface area contributed by atoms with Gasteiger partial charge in [-0.2, -0.15) is 5.26 Å². The van der Waals surface area contributed by atoms with Crippen LogP contribution < -0.4 is 4.90 Å². The number of amides is 1. The molecule has 1 saturated heterocycles. The second kappa shape index (κ2) is 5.38. The van der Waals surface area contributed by atoms with Gasteiger partial charge in [0.25, 0.3) is 0 Å². The Morgan fingerprint density at radius 2 is 1.88 bits per heavy atom. The molecular formula is C20H19N3O. The number of hydrogen-bond acceptors (Lipinski definition) is 3. The quantitative estimate of drug-likeness (QED) is 0.855. The van der Waals surface area contributed by atoms with Gasteiger partial charge in [-0.1, -0.05) is 48.5 Å². The maximum absolute atomic E-state index is 12.7. The molecule has 4 heteroatoms. The zero-order chi connectivity index (χ0) is 16.7. The van der Waals surface area contributed by atoms with Crippen LogP contribution in [0.1, 0.15) is 17.5 Å². The van der Waals surface area contributed by atoms with E-state index in [1.807, 2.05) is 65.4 Å². The van der Waals surface area contributed by atoms with Crippen LogP contribution in [-0.4, -0.2) is 30.4 Å². The van der Waals surface area contributed by atoms with Gasteiger partial charge in [0.05, 0.1) is 11.5 Å². The third-order valence-electron chi connectivity index (χ3n) is 5.36. The zero-order valence-electron chi connectivity index (χ0n) is 13.6. The predicted molar refractivity (Wildman–Crippen MR) is 92.4 cm³/mol. The normalized spacial score (nSPS) is 25.2. The maximum atomic E-state index is 12.7. The van der Waals surface area contributed by atoms with Crippen LogP contribution in [0, 0.1) is 11.3 Å². The number of likely N-dealkylation sites (N-methyl/N-ethyl adjacent to an activating group) is 1. The van der Waals surface area contributed by atoms with E-state index < -0.39 is 5.41 Å².